The van der Waals surface area contributed by atoms with Crippen molar-refractivity contribution in [3.8, 4) is 0 Å². The van der Waals surface area contributed by atoms with Gasteiger partial charge in [-0.2, -0.15) is 0 Å². The van der Waals surface area contributed by atoms with Crippen molar-refractivity contribution in [1.29, 1.82) is 0 Å². The zero-order chi connectivity index (χ0) is 17.3. The summed E-state index contributed by atoms with van der Waals surface area (Å²) in [5, 5.41) is 7.30. The van der Waals surface area contributed by atoms with Crippen molar-refractivity contribution in [3.05, 3.63) is 66.0 Å². The predicted molar refractivity (Wildman–Crippen MR) is 103 cm³/mol. The van der Waals surface area contributed by atoms with Crippen LogP contribution in [0.15, 0.2) is 54.9 Å². The van der Waals surface area contributed by atoms with E-state index in [9.17, 15) is 0 Å². The summed E-state index contributed by atoms with van der Waals surface area (Å²) in [7, 11) is 0. The molecule has 6 heteroatoms. The molecule has 0 saturated carbocycles. The van der Waals surface area contributed by atoms with E-state index in [-0.39, 0.29) is 6.04 Å². The molecule has 1 saturated heterocycles. The summed E-state index contributed by atoms with van der Waals surface area (Å²) >= 11 is 5.44. The fraction of sp³-hybridized carbons (Fsp3) is 0.368. The molecular formula is C19H24N4OS. The maximum Gasteiger partial charge on any atom is 0.166 e. The highest BCUT2D eigenvalue weighted by atomic mass is 32.1. The van der Waals surface area contributed by atoms with E-state index in [1.807, 2.05) is 30.5 Å². The molecule has 2 aromatic rings. The van der Waals surface area contributed by atoms with E-state index < -0.39 is 0 Å². The van der Waals surface area contributed by atoms with Gasteiger partial charge in [-0.1, -0.05) is 36.4 Å². The number of hydrogen-bond donors (Lipinski definition) is 2. The number of benzene rings is 1. The Morgan fingerprint density at radius 3 is 2.64 bits per heavy atom. The van der Waals surface area contributed by atoms with Crippen LogP contribution >= 0.6 is 12.2 Å². The van der Waals surface area contributed by atoms with E-state index in [2.05, 4.69) is 38.7 Å². The van der Waals surface area contributed by atoms with Crippen molar-refractivity contribution in [2.24, 2.45) is 0 Å². The topological polar surface area (TPSA) is 49.4 Å². The van der Waals surface area contributed by atoms with Crippen molar-refractivity contribution in [2.45, 2.75) is 12.6 Å². The number of nitrogens with zero attached hydrogens (tertiary/aromatic N) is 2. The van der Waals surface area contributed by atoms with Gasteiger partial charge in [0.1, 0.15) is 0 Å². The molecule has 1 aromatic heterocycles. The molecule has 2 heterocycles. The van der Waals surface area contributed by atoms with Crippen LogP contribution in [0.25, 0.3) is 0 Å². The normalized spacial score (nSPS) is 16.2. The quantitative estimate of drug-likeness (QED) is 0.774. The standard InChI is InChI=1S/C19H24N4OS/c25-19(21-13-16-5-2-1-3-6-16)22-15-18(17-7-4-8-20-14-17)23-9-11-24-12-10-23/h1-8,14,18H,9-13,15H2,(H2,21,22,25). The minimum Gasteiger partial charge on any atom is -0.379 e. The highest BCUT2D eigenvalue weighted by Gasteiger charge is 2.22. The van der Waals surface area contributed by atoms with Gasteiger partial charge in [0.25, 0.3) is 0 Å². The monoisotopic (exact) mass is 356 g/mol. The minimum atomic E-state index is 0.231. The van der Waals surface area contributed by atoms with Crippen LogP contribution in [0.2, 0.25) is 0 Å². The largest absolute Gasteiger partial charge is 0.379 e. The van der Waals surface area contributed by atoms with Crippen molar-refractivity contribution in [2.75, 3.05) is 32.8 Å². The molecule has 0 bridgehead atoms. The molecule has 1 aromatic carbocycles. The number of nitrogens with one attached hydrogen (secondary N) is 2. The van der Waals surface area contributed by atoms with E-state index in [1.165, 1.54) is 11.1 Å². The van der Waals surface area contributed by atoms with Gasteiger partial charge in [0.05, 0.1) is 19.3 Å². The van der Waals surface area contributed by atoms with Gasteiger partial charge < -0.3 is 15.4 Å². The highest BCUT2D eigenvalue weighted by molar-refractivity contribution is 7.80. The summed E-state index contributed by atoms with van der Waals surface area (Å²) in [5.41, 5.74) is 2.41. The Labute approximate surface area is 154 Å². The molecular weight excluding hydrogens is 332 g/mol. The van der Waals surface area contributed by atoms with Crippen molar-refractivity contribution in [1.82, 2.24) is 20.5 Å². The van der Waals surface area contributed by atoms with Crippen LogP contribution in [0.4, 0.5) is 0 Å². The Bertz CT molecular complexity index is 647. The molecule has 3 rings (SSSR count). The molecule has 25 heavy (non-hydrogen) atoms. The molecule has 5 nitrogen and oxygen atoms in total. The predicted octanol–water partition coefficient (Wildman–Crippen LogP) is 2.12. The molecule has 1 fully saturated rings. The molecule has 1 aliphatic rings. The average Bonchev–Trinajstić information content (AvgIpc) is 2.69. The van der Waals surface area contributed by atoms with Crippen molar-refractivity contribution < 1.29 is 4.74 Å². The van der Waals surface area contributed by atoms with Crippen molar-refractivity contribution >= 4 is 17.3 Å². The molecule has 1 atom stereocenters. The lowest BCUT2D eigenvalue weighted by Crippen LogP contribution is -2.45. The summed E-state index contributed by atoms with van der Waals surface area (Å²) in [6, 6.07) is 14.6. The van der Waals surface area contributed by atoms with Crippen LogP contribution in [0, 0.1) is 0 Å². The summed E-state index contributed by atoms with van der Waals surface area (Å²) < 4.78 is 5.48. The highest BCUT2D eigenvalue weighted by Crippen LogP contribution is 2.20. The molecule has 2 N–H and O–H groups in total. The zero-order valence-corrected chi connectivity index (χ0v) is 15.0. The van der Waals surface area contributed by atoms with Crippen LogP contribution in [0.1, 0.15) is 17.2 Å². The van der Waals surface area contributed by atoms with Crippen LogP contribution in [-0.4, -0.2) is 47.8 Å². The van der Waals surface area contributed by atoms with Gasteiger partial charge in [-0.3, -0.25) is 9.88 Å². The lowest BCUT2D eigenvalue weighted by Gasteiger charge is -2.35. The van der Waals surface area contributed by atoms with Crippen LogP contribution in [-0.2, 0) is 11.3 Å². The fourth-order valence-electron chi connectivity index (χ4n) is 2.95. The SMILES string of the molecule is S=C(NCc1ccccc1)NCC(c1cccnc1)N1CCOCC1. The first-order valence-electron chi connectivity index (χ1n) is 8.60. The maximum atomic E-state index is 5.48. The summed E-state index contributed by atoms with van der Waals surface area (Å²) in [6.45, 7) is 4.85. The van der Waals surface area contributed by atoms with Gasteiger partial charge in [-0.05, 0) is 29.4 Å². The average molecular weight is 356 g/mol. The molecule has 0 radical (unpaired) electrons. The minimum absolute atomic E-state index is 0.231. The lowest BCUT2D eigenvalue weighted by molar-refractivity contribution is 0.0169. The van der Waals surface area contributed by atoms with E-state index in [1.54, 1.807) is 6.20 Å². The second-order valence-electron chi connectivity index (χ2n) is 6.00. The Balaban J connectivity index is 1.55. The second kappa shape index (κ2) is 9.46. The Kier molecular flexibility index (Phi) is 6.73. The van der Waals surface area contributed by atoms with Gasteiger partial charge in [0.15, 0.2) is 5.11 Å². The Morgan fingerprint density at radius 1 is 1.12 bits per heavy atom. The summed E-state index contributed by atoms with van der Waals surface area (Å²) in [5.74, 6) is 0. The van der Waals surface area contributed by atoms with E-state index in [4.69, 9.17) is 17.0 Å². The number of aromatic nitrogens is 1. The van der Waals surface area contributed by atoms with Gasteiger partial charge in [0.2, 0.25) is 0 Å². The number of hydrogen-bond acceptors (Lipinski definition) is 4. The third kappa shape index (κ3) is 5.49. The fourth-order valence-corrected chi connectivity index (χ4v) is 3.11. The smallest absolute Gasteiger partial charge is 0.166 e. The van der Waals surface area contributed by atoms with Crippen LogP contribution in [0.5, 0.6) is 0 Å². The number of rotatable bonds is 6. The Morgan fingerprint density at radius 2 is 1.92 bits per heavy atom. The first-order valence-corrected chi connectivity index (χ1v) is 9.01. The Hall–Kier alpha value is -2.02. The third-order valence-electron chi connectivity index (χ3n) is 4.31. The summed E-state index contributed by atoms with van der Waals surface area (Å²) in [4.78, 5) is 6.69. The van der Waals surface area contributed by atoms with E-state index >= 15 is 0 Å². The molecule has 1 aliphatic heterocycles. The van der Waals surface area contributed by atoms with Crippen LogP contribution < -0.4 is 10.6 Å². The maximum absolute atomic E-state index is 5.48. The molecule has 132 valence electrons. The number of thiocarbonyl (C=S) groups is 1. The molecule has 0 amide bonds. The number of morpholine rings is 1. The van der Waals surface area contributed by atoms with E-state index in [0.717, 1.165) is 39.4 Å². The lowest BCUT2D eigenvalue weighted by atomic mass is 10.1. The van der Waals surface area contributed by atoms with Crippen LogP contribution in [0.3, 0.4) is 0 Å². The van der Waals surface area contributed by atoms with Gasteiger partial charge in [0, 0.05) is 38.6 Å². The molecule has 1 unspecified atom stereocenters. The third-order valence-corrected chi connectivity index (χ3v) is 4.60. The summed E-state index contributed by atoms with van der Waals surface area (Å²) in [6.07, 6.45) is 3.74. The van der Waals surface area contributed by atoms with E-state index in [0.29, 0.717) is 5.11 Å². The first-order chi connectivity index (χ1) is 12.3. The number of pyridine rings is 1. The molecule has 0 spiro atoms. The van der Waals surface area contributed by atoms with Gasteiger partial charge >= 0.3 is 0 Å². The van der Waals surface area contributed by atoms with Crippen molar-refractivity contribution in [3.63, 3.8) is 0 Å². The molecule has 0 aliphatic carbocycles. The van der Waals surface area contributed by atoms with Gasteiger partial charge in [-0.15, -0.1) is 0 Å². The number of ether oxygens (including phenoxy) is 1. The second-order valence-corrected chi connectivity index (χ2v) is 6.41. The first kappa shape index (κ1) is 17.8. The zero-order valence-electron chi connectivity index (χ0n) is 14.2. The van der Waals surface area contributed by atoms with Gasteiger partial charge in [-0.25, -0.2) is 0 Å².